The van der Waals surface area contributed by atoms with Crippen LogP contribution in [0.5, 0.6) is 0 Å². The number of nitrogens with one attached hydrogen (secondary N) is 1. The smallest absolute Gasteiger partial charge is 0.410 e. The van der Waals surface area contributed by atoms with E-state index in [-0.39, 0.29) is 22.9 Å². The van der Waals surface area contributed by atoms with E-state index in [2.05, 4.69) is 4.72 Å². The van der Waals surface area contributed by atoms with Crippen LogP contribution < -0.4 is 4.72 Å². The van der Waals surface area contributed by atoms with Crippen molar-refractivity contribution in [3.05, 3.63) is 0 Å². The third-order valence-electron chi connectivity index (χ3n) is 4.59. The summed E-state index contributed by atoms with van der Waals surface area (Å²) in [5.41, 5.74) is -0.532. The van der Waals surface area contributed by atoms with E-state index in [4.69, 9.17) is 14.2 Å². The Labute approximate surface area is 179 Å². The van der Waals surface area contributed by atoms with Crippen molar-refractivity contribution in [2.75, 3.05) is 33.0 Å². The number of carbonyl (C=O) groups excluding carboxylic acids is 1. The van der Waals surface area contributed by atoms with E-state index < -0.39 is 16.6 Å². The van der Waals surface area contributed by atoms with Gasteiger partial charge in [-0.1, -0.05) is 0 Å². The highest BCUT2D eigenvalue weighted by Crippen LogP contribution is 2.26. The molecule has 0 spiro atoms. The van der Waals surface area contributed by atoms with Crippen LogP contribution >= 0.6 is 0 Å². The van der Waals surface area contributed by atoms with E-state index in [0.29, 0.717) is 33.0 Å². The van der Waals surface area contributed by atoms with Crippen molar-refractivity contribution in [1.29, 1.82) is 0 Å². The van der Waals surface area contributed by atoms with Gasteiger partial charge >= 0.3 is 6.09 Å². The molecule has 0 aromatic heterocycles. The topological polar surface area (TPSA) is 77.1 Å². The molecule has 0 aliphatic carbocycles. The molecule has 0 bridgehead atoms. The van der Waals surface area contributed by atoms with Crippen LogP contribution in [-0.2, 0) is 25.2 Å². The van der Waals surface area contributed by atoms with E-state index in [1.807, 2.05) is 48.5 Å². The average Bonchev–Trinajstić information content (AvgIpc) is 3.07. The Morgan fingerprint density at radius 3 is 2.38 bits per heavy atom. The minimum absolute atomic E-state index is 0.0282. The number of amides is 1. The summed E-state index contributed by atoms with van der Waals surface area (Å²) >= 11 is 0. The second-order valence-corrected chi connectivity index (χ2v) is 11.4. The Bertz CT molecular complexity index is 516. The molecule has 0 aromatic carbocycles. The van der Waals surface area contributed by atoms with Gasteiger partial charge in [0.15, 0.2) is 0 Å². The standard InChI is InChI=1S/C21H42N2O5S/c1-8-26-15-16-27-14-10-11-17(22-29(25)21(5,6)7)18-12-9-13-23(18)19(24)28-20(2,3)4/h17-18,22H,8-16H2,1-7H3/t17-,18-,29?/m0/s1. The molecule has 172 valence electrons. The van der Waals surface area contributed by atoms with Gasteiger partial charge < -0.3 is 19.1 Å². The summed E-state index contributed by atoms with van der Waals surface area (Å²) in [4.78, 5) is 14.5. The van der Waals surface area contributed by atoms with Gasteiger partial charge in [0.25, 0.3) is 0 Å². The maximum absolute atomic E-state index is 12.8. The zero-order valence-corrected chi connectivity index (χ0v) is 20.2. The van der Waals surface area contributed by atoms with Crippen LogP contribution in [0.25, 0.3) is 0 Å². The maximum Gasteiger partial charge on any atom is 0.410 e. The Hall–Kier alpha value is -0.700. The lowest BCUT2D eigenvalue weighted by Crippen LogP contribution is -2.52. The summed E-state index contributed by atoms with van der Waals surface area (Å²) in [5.74, 6) is 0. The summed E-state index contributed by atoms with van der Waals surface area (Å²) in [6.45, 7) is 16.6. The molecule has 1 heterocycles. The molecule has 1 N–H and O–H groups in total. The van der Waals surface area contributed by atoms with Crippen LogP contribution in [0.1, 0.15) is 74.1 Å². The quantitative estimate of drug-likeness (QED) is 0.503. The Kier molecular flexibility index (Phi) is 11.1. The first-order chi connectivity index (χ1) is 13.5. The molecule has 1 saturated heterocycles. The van der Waals surface area contributed by atoms with E-state index in [0.717, 1.165) is 25.7 Å². The lowest BCUT2D eigenvalue weighted by Gasteiger charge is -2.34. The number of nitrogens with zero attached hydrogens (tertiary/aromatic N) is 1. The molecule has 3 atom stereocenters. The van der Waals surface area contributed by atoms with Crippen LogP contribution in [-0.4, -0.2) is 70.6 Å². The molecule has 1 fully saturated rings. The predicted molar refractivity (Wildman–Crippen MR) is 117 cm³/mol. The van der Waals surface area contributed by atoms with Crippen LogP contribution in [0.2, 0.25) is 0 Å². The molecule has 1 amide bonds. The largest absolute Gasteiger partial charge is 0.444 e. The van der Waals surface area contributed by atoms with E-state index >= 15 is 0 Å². The Balaban J connectivity index is 2.73. The number of hydrogen-bond donors (Lipinski definition) is 1. The molecule has 1 aliphatic rings. The first-order valence-corrected chi connectivity index (χ1v) is 11.9. The lowest BCUT2D eigenvalue weighted by atomic mass is 10.0. The van der Waals surface area contributed by atoms with Crippen LogP contribution in [0, 0.1) is 0 Å². The van der Waals surface area contributed by atoms with Crippen molar-refractivity contribution in [2.24, 2.45) is 0 Å². The van der Waals surface area contributed by atoms with Gasteiger partial charge in [0, 0.05) is 25.8 Å². The second kappa shape index (κ2) is 12.2. The summed E-state index contributed by atoms with van der Waals surface area (Å²) in [6.07, 6.45) is 3.12. The number of hydrogen-bond acceptors (Lipinski definition) is 5. The van der Waals surface area contributed by atoms with Crippen molar-refractivity contribution in [3.8, 4) is 0 Å². The molecule has 0 saturated carbocycles. The fourth-order valence-electron chi connectivity index (χ4n) is 3.17. The van der Waals surface area contributed by atoms with Crippen molar-refractivity contribution in [1.82, 2.24) is 9.62 Å². The normalized spacial score (nSPS) is 20.0. The molecule has 29 heavy (non-hydrogen) atoms. The Morgan fingerprint density at radius 1 is 1.14 bits per heavy atom. The molecule has 0 radical (unpaired) electrons. The van der Waals surface area contributed by atoms with Crippen molar-refractivity contribution >= 4 is 17.1 Å². The van der Waals surface area contributed by atoms with E-state index in [9.17, 15) is 9.00 Å². The van der Waals surface area contributed by atoms with Gasteiger partial charge in [0.1, 0.15) is 5.60 Å². The molecule has 7 nitrogen and oxygen atoms in total. The third-order valence-corrected chi connectivity index (χ3v) is 6.22. The molecular weight excluding hydrogens is 392 g/mol. The van der Waals surface area contributed by atoms with Crippen molar-refractivity contribution in [3.63, 3.8) is 0 Å². The first kappa shape index (κ1) is 26.3. The zero-order chi connectivity index (χ0) is 22.1. The third kappa shape index (κ3) is 10.2. The monoisotopic (exact) mass is 434 g/mol. The highest BCUT2D eigenvalue weighted by molar-refractivity contribution is 7.84. The van der Waals surface area contributed by atoms with Crippen LogP contribution in [0.3, 0.4) is 0 Å². The van der Waals surface area contributed by atoms with Gasteiger partial charge in [-0.05, 0) is 74.1 Å². The second-order valence-electron chi connectivity index (χ2n) is 9.44. The molecule has 1 aliphatic heterocycles. The number of rotatable bonds is 11. The lowest BCUT2D eigenvalue weighted by molar-refractivity contribution is 0.0192. The fraction of sp³-hybridized carbons (Fsp3) is 0.952. The Morgan fingerprint density at radius 2 is 1.79 bits per heavy atom. The van der Waals surface area contributed by atoms with Crippen molar-refractivity contribution in [2.45, 2.75) is 96.6 Å². The summed E-state index contributed by atoms with van der Waals surface area (Å²) < 4.78 is 32.2. The summed E-state index contributed by atoms with van der Waals surface area (Å²) in [5, 5.41) is 0. The van der Waals surface area contributed by atoms with Gasteiger partial charge in [-0.25, -0.2) is 13.7 Å². The molecule has 1 rings (SSSR count). The summed E-state index contributed by atoms with van der Waals surface area (Å²) in [7, 11) is -1.21. The zero-order valence-electron chi connectivity index (χ0n) is 19.4. The van der Waals surface area contributed by atoms with Gasteiger partial charge in [0.05, 0.1) is 35.0 Å². The highest BCUT2D eigenvalue weighted by atomic mass is 32.2. The number of likely N-dealkylation sites (tertiary alicyclic amines) is 1. The van der Waals surface area contributed by atoms with Gasteiger partial charge in [-0.2, -0.15) is 0 Å². The van der Waals surface area contributed by atoms with Gasteiger partial charge in [0.2, 0.25) is 0 Å². The minimum atomic E-state index is -1.21. The molecule has 8 heteroatoms. The predicted octanol–water partition coefficient (Wildman–Crippen LogP) is 3.64. The van der Waals surface area contributed by atoms with Crippen LogP contribution in [0.15, 0.2) is 0 Å². The SMILES string of the molecule is CCOCCOCCC[C@H](NS(=O)C(C)(C)C)[C@@H]1CCCN1C(=O)OC(C)(C)C. The number of carbonyl (C=O) groups is 1. The first-order valence-electron chi connectivity index (χ1n) is 10.8. The van der Waals surface area contributed by atoms with Gasteiger partial charge in [-0.3, -0.25) is 0 Å². The molecule has 1 unspecified atom stereocenters. The van der Waals surface area contributed by atoms with Gasteiger partial charge in [-0.15, -0.1) is 0 Å². The van der Waals surface area contributed by atoms with E-state index in [1.54, 1.807) is 4.90 Å². The summed E-state index contributed by atoms with van der Waals surface area (Å²) in [6, 6.07) is -0.0971. The van der Waals surface area contributed by atoms with E-state index in [1.165, 1.54) is 0 Å². The highest BCUT2D eigenvalue weighted by Gasteiger charge is 2.38. The maximum atomic E-state index is 12.8. The molecular formula is C21H42N2O5S. The molecule has 0 aromatic rings. The van der Waals surface area contributed by atoms with Crippen LogP contribution in [0.4, 0.5) is 4.79 Å². The average molecular weight is 435 g/mol. The fourth-order valence-corrected chi connectivity index (χ4v) is 4.08. The minimum Gasteiger partial charge on any atom is -0.444 e. The number of ether oxygens (including phenoxy) is 3. The van der Waals surface area contributed by atoms with Crippen molar-refractivity contribution < 1.29 is 23.2 Å².